The van der Waals surface area contributed by atoms with Crippen LogP contribution in [0.5, 0.6) is 5.75 Å². The van der Waals surface area contributed by atoms with Gasteiger partial charge < -0.3 is 15.0 Å². The number of H-pyrrole nitrogens is 1. The second-order valence-electron chi connectivity index (χ2n) is 5.51. The van der Waals surface area contributed by atoms with Crippen molar-refractivity contribution in [2.24, 2.45) is 0 Å². The zero-order valence-corrected chi connectivity index (χ0v) is 13.0. The van der Waals surface area contributed by atoms with Crippen molar-refractivity contribution in [3.05, 3.63) is 66.5 Å². The van der Waals surface area contributed by atoms with E-state index in [1.807, 2.05) is 54.6 Å². The van der Waals surface area contributed by atoms with Crippen molar-refractivity contribution >= 4 is 33.4 Å². The van der Waals surface area contributed by atoms with Crippen LogP contribution in [-0.2, 0) is 0 Å². The number of amides is 1. The van der Waals surface area contributed by atoms with Crippen LogP contribution in [0.2, 0.25) is 0 Å². The highest BCUT2D eigenvalue weighted by Gasteiger charge is 2.11. The molecule has 24 heavy (non-hydrogen) atoms. The lowest BCUT2D eigenvalue weighted by Crippen LogP contribution is -2.12. The van der Waals surface area contributed by atoms with Crippen LogP contribution < -0.4 is 10.1 Å². The number of benzene rings is 2. The molecule has 2 aromatic heterocycles. The Labute approximate surface area is 138 Å². The number of hydrogen-bond acceptors (Lipinski definition) is 3. The first-order valence-electron chi connectivity index (χ1n) is 7.56. The number of ether oxygens (including phenoxy) is 1. The number of anilines is 1. The van der Waals surface area contributed by atoms with Crippen molar-refractivity contribution in [1.82, 2.24) is 9.97 Å². The first kappa shape index (κ1) is 14.3. The normalized spacial score (nSPS) is 10.9. The lowest BCUT2D eigenvalue weighted by Gasteiger charge is -2.04. The summed E-state index contributed by atoms with van der Waals surface area (Å²) in [5.41, 5.74) is 2.91. The third kappa shape index (κ3) is 2.56. The summed E-state index contributed by atoms with van der Waals surface area (Å²) in [6.45, 7) is 0. The van der Waals surface area contributed by atoms with E-state index in [-0.39, 0.29) is 5.91 Å². The molecule has 2 N–H and O–H groups in total. The number of carbonyl (C=O) groups excluding carboxylic acids is 1. The number of carbonyl (C=O) groups is 1. The standard InChI is InChI=1S/C19H15N3O2/c1-24-15-7-6-13-9-18(22-17(13)10-15)19(23)21-14-8-12-4-2-3-5-16(12)20-11-14/h2-11,22H,1H3,(H,21,23). The number of para-hydroxylation sites is 1. The fraction of sp³-hybridized carbons (Fsp3) is 0.0526. The Balaban J connectivity index is 1.62. The lowest BCUT2D eigenvalue weighted by molar-refractivity contribution is 0.102. The van der Waals surface area contributed by atoms with Gasteiger partial charge in [0.2, 0.25) is 0 Å². The Morgan fingerprint density at radius 3 is 2.83 bits per heavy atom. The van der Waals surface area contributed by atoms with Gasteiger partial charge in [-0.05, 0) is 30.3 Å². The Hall–Kier alpha value is -3.34. The summed E-state index contributed by atoms with van der Waals surface area (Å²) < 4.78 is 5.20. The summed E-state index contributed by atoms with van der Waals surface area (Å²) in [7, 11) is 1.62. The molecular formula is C19H15N3O2. The number of methoxy groups -OCH3 is 1. The Morgan fingerprint density at radius 2 is 1.96 bits per heavy atom. The van der Waals surface area contributed by atoms with Crippen molar-refractivity contribution < 1.29 is 9.53 Å². The van der Waals surface area contributed by atoms with Crippen molar-refractivity contribution in [3.8, 4) is 5.75 Å². The monoisotopic (exact) mass is 317 g/mol. The van der Waals surface area contributed by atoms with E-state index in [9.17, 15) is 4.79 Å². The van der Waals surface area contributed by atoms with Crippen molar-refractivity contribution in [2.75, 3.05) is 12.4 Å². The molecule has 118 valence electrons. The van der Waals surface area contributed by atoms with Crippen LogP contribution in [0.1, 0.15) is 10.5 Å². The molecule has 4 aromatic rings. The van der Waals surface area contributed by atoms with Gasteiger partial charge in [-0.3, -0.25) is 9.78 Å². The number of hydrogen-bond donors (Lipinski definition) is 2. The molecule has 0 bridgehead atoms. The fourth-order valence-corrected chi connectivity index (χ4v) is 2.69. The maximum atomic E-state index is 12.5. The minimum Gasteiger partial charge on any atom is -0.497 e. The molecule has 0 aliphatic carbocycles. The molecule has 0 atom stereocenters. The highest BCUT2D eigenvalue weighted by molar-refractivity contribution is 6.06. The third-order valence-electron chi connectivity index (χ3n) is 3.92. The molecule has 0 saturated carbocycles. The van der Waals surface area contributed by atoms with Gasteiger partial charge in [0.25, 0.3) is 5.91 Å². The van der Waals surface area contributed by atoms with E-state index in [1.54, 1.807) is 13.3 Å². The van der Waals surface area contributed by atoms with Gasteiger partial charge in [-0.1, -0.05) is 18.2 Å². The summed E-state index contributed by atoms with van der Waals surface area (Å²) in [6, 6.07) is 17.2. The molecule has 2 aromatic carbocycles. The number of aromatic amines is 1. The van der Waals surface area contributed by atoms with E-state index in [4.69, 9.17) is 4.74 Å². The summed E-state index contributed by atoms with van der Waals surface area (Å²) in [5.74, 6) is 0.539. The maximum absolute atomic E-state index is 12.5. The summed E-state index contributed by atoms with van der Waals surface area (Å²) >= 11 is 0. The van der Waals surface area contributed by atoms with E-state index in [0.717, 1.165) is 27.6 Å². The quantitative estimate of drug-likeness (QED) is 0.600. The van der Waals surface area contributed by atoms with Crippen LogP contribution in [0, 0.1) is 0 Å². The predicted molar refractivity (Wildman–Crippen MR) is 94.5 cm³/mol. The van der Waals surface area contributed by atoms with Gasteiger partial charge in [0.05, 0.1) is 24.5 Å². The van der Waals surface area contributed by atoms with Gasteiger partial charge in [0.1, 0.15) is 11.4 Å². The van der Waals surface area contributed by atoms with Crippen LogP contribution in [0.25, 0.3) is 21.8 Å². The van der Waals surface area contributed by atoms with E-state index in [2.05, 4.69) is 15.3 Å². The summed E-state index contributed by atoms with van der Waals surface area (Å²) in [4.78, 5) is 19.9. The van der Waals surface area contributed by atoms with Crippen molar-refractivity contribution in [2.45, 2.75) is 0 Å². The number of fused-ring (bicyclic) bond motifs is 2. The Morgan fingerprint density at radius 1 is 1.08 bits per heavy atom. The number of rotatable bonds is 3. The SMILES string of the molecule is COc1ccc2cc(C(=O)Nc3cnc4ccccc4c3)[nH]c2c1. The van der Waals surface area contributed by atoms with Gasteiger partial charge in [0.15, 0.2) is 0 Å². The van der Waals surface area contributed by atoms with E-state index in [0.29, 0.717) is 11.4 Å². The zero-order valence-electron chi connectivity index (χ0n) is 13.0. The van der Waals surface area contributed by atoms with Crippen LogP contribution in [0.3, 0.4) is 0 Å². The summed E-state index contributed by atoms with van der Waals surface area (Å²) in [6.07, 6.45) is 1.66. The second kappa shape index (κ2) is 5.70. The maximum Gasteiger partial charge on any atom is 0.272 e. The van der Waals surface area contributed by atoms with Crippen LogP contribution in [0.4, 0.5) is 5.69 Å². The van der Waals surface area contributed by atoms with Crippen molar-refractivity contribution in [1.29, 1.82) is 0 Å². The molecule has 4 rings (SSSR count). The molecule has 0 aliphatic rings. The number of nitrogens with zero attached hydrogens (tertiary/aromatic N) is 1. The zero-order chi connectivity index (χ0) is 16.5. The van der Waals surface area contributed by atoms with Gasteiger partial charge in [-0.25, -0.2) is 0 Å². The van der Waals surface area contributed by atoms with Gasteiger partial charge >= 0.3 is 0 Å². The highest BCUT2D eigenvalue weighted by Crippen LogP contribution is 2.22. The molecule has 0 aliphatic heterocycles. The van der Waals surface area contributed by atoms with Gasteiger partial charge in [-0.2, -0.15) is 0 Å². The van der Waals surface area contributed by atoms with Crippen LogP contribution in [0.15, 0.2) is 60.8 Å². The smallest absolute Gasteiger partial charge is 0.272 e. The largest absolute Gasteiger partial charge is 0.497 e. The minimum atomic E-state index is -0.206. The van der Waals surface area contributed by atoms with E-state index in [1.165, 1.54) is 0 Å². The van der Waals surface area contributed by atoms with E-state index < -0.39 is 0 Å². The van der Waals surface area contributed by atoms with Gasteiger partial charge in [-0.15, -0.1) is 0 Å². The minimum absolute atomic E-state index is 0.206. The van der Waals surface area contributed by atoms with Crippen LogP contribution >= 0.6 is 0 Å². The average molecular weight is 317 g/mol. The molecular weight excluding hydrogens is 302 g/mol. The van der Waals surface area contributed by atoms with Crippen molar-refractivity contribution in [3.63, 3.8) is 0 Å². The van der Waals surface area contributed by atoms with E-state index >= 15 is 0 Å². The lowest BCUT2D eigenvalue weighted by atomic mass is 10.2. The second-order valence-corrected chi connectivity index (χ2v) is 5.51. The van der Waals surface area contributed by atoms with Gasteiger partial charge in [0, 0.05) is 22.4 Å². The number of pyridine rings is 1. The third-order valence-corrected chi connectivity index (χ3v) is 3.92. The first-order chi connectivity index (χ1) is 11.7. The highest BCUT2D eigenvalue weighted by atomic mass is 16.5. The van der Waals surface area contributed by atoms with Crippen LogP contribution in [-0.4, -0.2) is 23.0 Å². The fourth-order valence-electron chi connectivity index (χ4n) is 2.69. The number of nitrogens with one attached hydrogen (secondary N) is 2. The molecule has 0 unspecified atom stereocenters. The molecule has 0 saturated heterocycles. The summed E-state index contributed by atoms with van der Waals surface area (Å²) in [5, 5.41) is 4.82. The molecule has 0 radical (unpaired) electrons. The first-order valence-corrected chi connectivity index (χ1v) is 7.56. The Kier molecular flexibility index (Phi) is 3.39. The molecule has 5 nitrogen and oxygen atoms in total. The molecule has 5 heteroatoms. The topological polar surface area (TPSA) is 67.0 Å². The predicted octanol–water partition coefficient (Wildman–Crippen LogP) is 3.98. The molecule has 0 spiro atoms. The molecule has 2 heterocycles. The Bertz CT molecular complexity index is 1050. The molecule has 0 fully saturated rings. The number of aromatic nitrogens is 2. The molecule has 1 amide bonds. The average Bonchev–Trinajstić information content (AvgIpc) is 3.05.